The summed E-state index contributed by atoms with van der Waals surface area (Å²) in [6, 6.07) is 34.8. The van der Waals surface area contributed by atoms with Gasteiger partial charge in [-0.05, 0) is 71.5 Å². The van der Waals surface area contributed by atoms with E-state index in [1.807, 2.05) is 0 Å². The fourth-order valence-corrected chi connectivity index (χ4v) is 5.20. The number of benzene rings is 4. The van der Waals surface area contributed by atoms with Crippen molar-refractivity contribution >= 4 is 21.6 Å². The van der Waals surface area contributed by atoms with E-state index in [2.05, 4.69) is 111 Å². The molecule has 0 fully saturated rings. The molecular formula is C26H22S2. The third-order valence-electron chi connectivity index (χ3n) is 4.85. The molecule has 0 spiro atoms. The van der Waals surface area contributed by atoms with E-state index in [0.29, 0.717) is 0 Å². The molecule has 2 heteroatoms. The lowest BCUT2D eigenvalue weighted by Gasteiger charge is -2.08. The van der Waals surface area contributed by atoms with Crippen molar-refractivity contribution in [3.63, 3.8) is 0 Å². The molecule has 0 saturated heterocycles. The zero-order valence-corrected chi connectivity index (χ0v) is 17.7. The summed E-state index contributed by atoms with van der Waals surface area (Å²) in [5.41, 5.74) is 7.78. The van der Waals surface area contributed by atoms with Crippen LogP contribution in [0.5, 0.6) is 0 Å². The third-order valence-corrected chi connectivity index (χ3v) is 7.27. The Morgan fingerprint density at radius 1 is 0.429 bits per heavy atom. The first kappa shape index (κ1) is 18.9. The highest BCUT2D eigenvalue weighted by Gasteiger charge is 2.04. The summed E-state index contributed by atoms with van der Waals surface area (Å²) in [6.07, 6.45) is 0. The van der Waals surface area contributed by atoms with E-state index in [4.69, 9.17) is 0 Å². The molecule has 4 aromatic carbocycles. The smallest absolute Gasteiger partial charge is 0.0186 e. The van der Waals surface area contributed by atoms with Gasteiger partial charge in [-0.2, -0.15) is 0 Å². The van der Waals surface area contributed by atoms with Crippen LogP contribution in [0.25, 0.3) is 22.3 Å². The Labute approximate surface area is 175 Å². The average molecular weight is 399 g/mol. The van der Waals surface area contributed by atoms with Crippen LogP contribution in [-0.2, 0) is 0 Å². The van der Waals surface area contributed by atoms with Crippen molar-refractivity contribution < 1.29 is 0 Å². The standard InChI is InChI=1S/C26H22S2/c1-19-7-3-5-9-25(19)21-11-15-23(16-12-21)27-28-24-17-13-22(14-18-24)26-10-6-4-8-20(26)2/h3-18H,1-2H3. The van der Waals surface area contributed by atoms with E-state index in [9.17, 15) is 0 Å². The zero-order chi connectivity index (χ0) is 19.3. The predicted octanol–water partition coefficient (Wildman–Crippen LogP) is 8.44. The van der Waals surface area contributed by atoms with Crippen LogP contribution < -0.4 is 0 Å². The summed E-state index contributed by atoms with van der Waals surface area (Å²) in [5, 5.41) is 0. The first-order valence-electron chi connectivity index (χ1n) is 9.37. The maximum Gasteiger partial charge on any atom is 0.0186 e. The molecule has 138 valence electrons. The second-order valence-corrected chi connectivity index (χ2v) is 9.12. The largest absolute Gasteiger partial charge is 0.0620 e. The molecule has 0 bridgehead atoms. The van der Waals surface area contributed by atoms with Crippen molar-refractivity contribution in [2.24, 2.45) is 0 Å². The second-order valence-electron chi connectivity index (χ2n) is 6.85. The van der Waals surface area contributed by atoms with Gasteiger partial charge in [-0.3, -0.25) is 0 Å². The van der Waals surface area contributed by atoms with Gasteiger partial charge in [0, 0.05) is 9.79 Å². The molecule has 0 saturated carbocycles. The SMILES string of the molecule is Cc1ccccc1-c1ccc(SSc2ccc(-c3ccccc3C)cc2)cc1. The molecule has 4 rings (SSSR count). The highest BCUT2D eigenvalue weighted by atomic mass is 33.1. The number of aryl methyl sites for hydroxylation is 2. The molecule has 0 amide bonds. The lowest BCUT2D eigenvalue weighted by atomic mass is 10.0. The molecule has 0 aliphatic carbocycles. The van der Waals surface area contributed by atoms with Gasteiger partial charge in [0.15, 0.2) is 0 Å². The Bertz CT molecular complexity index is 975. The van der Waals surface area contributed by atoms with Gasteiger partial charge in [0.25, 0.3) is 0 Å². The van der Waals surface area contributed by atoms with E-state index in [1.54, 1.807) is 21.6 Å². The number of hydrogen-bond acceptors (Lipinski definition) is 2. The van der Waals surface area contributed by atoms with Gasteiger partial charge in [-0.15, -0.1) is 0 Å². The van der Waals surface area contributed by atoms with E-state index in [-0.39, 0.29) is 0 Å². The first-order chi connectivity index (χ1) is 13.7. The van der Waals surface area contributed by atoms with Crippen LogP contribution >= 0.6 is 21.6 Å². The van der Waals surface area contributed by atoms with Gasteiger partial charge < -0.3 is 0 Å². The maximum absolute atomic E-state index is 2.21. The summed E-state index contributed by atoms with van der Waals surface area (Å²) < 4.78 is 0. The molecule has 0 aromatic heterocycles. The van der Waals surface area contributed by atoms with Crippen LogP contribution in [0.1, 0.15) is 11.1 Å². The fourth-order valence-electron chi connectivity index (χ4n) is 3.27. The van der Waals surface area contributed by atoms with Crippen LogP contribution in [0.15, 0.2) is 107 Å². The van der Waals surface area contributed by atoms with E-state index < -0.39 is 0 Å². The summed E-state index contributed by atoms with van der Waals surface area (Å²) in [7, 11) is 3.61. The van der Waals surface area contributed by atoms with Crippen LogP contribution in [-0.4, -0.2) is 0 Å². The van der Waals surface area contributed by atoms with Crippen LogP contribution in [0.4, 0.5) is 0 Å². The third kappa shape index (κ3) is 4.35. The minimum atomic E-state index is 1.27. The molecular weight excluding hydrogens is 376 g/mol. The second kappa shape index (κ2) is 8.72. The molecule has 0 aliphatic heterocycles. The molecule has 28 heavy (non-hydrogen) atoms. The minimum Gasteiger partial charge on any atom is -0.0620 e. The Kier molecular flexibility index (Phi) is 5.90. The fraction of sp³-hybridized carbons (Fsp3) is 0.0769. The monoisotopic (exact) mass is 398 g/mol. The summed E-state index contributed by atoms with van der Waals surface area (Å²) in [6.45, 7) is 4.32. The Morgan fingerprint density at radius 2 is 0.786 bits per heavy atom. The number of rotatable bonds is 5. The van der Waals surface area contributed by atoms with Gasteiger partial charge in [0.1, 0.15) is 0 Å². The number of hydrogen-bond donors (Lipinski definition) is 0. The van der Waals surface area contributed by atoms with Crippen LogP contribution in [0.3, 0.4) is 0 Å². The first-order valence-corrected chi connectivity index (χ1v) is 11.5. The van der Waals surface area contributed by atoms with Gasteiger partial charge in [0.05, 0.1) is 0 Å². The molecule has 4 aromatic rings. The van der Waals surface area contributed by atoms with Crippen LogP contribution in [0.2, 0.25) is 0 Å². The summed E-state index contributed by atoms with van der Waals surface area (Å²) in [5.74, 6) is 0. The molecule has 0 atom stereocenters. The zero-order valence-electron chi connectivity index (χ0n) is 16.1. The minimum absolute atomic E-state index is 1.27. The van der Waals surface area contributed by atoms with Crippen molar-refractivity contribution in [2.45, 2.75) is 23.6 Å². The van der Waals surface area contributed by atoms with E-state index in [0.717, 1.165) is 0 Å². The van der Waals surface area contributed by atoms with Crippen molar-refractivity contribution in [2.75, 3.05) is 0 Å². The van der Waals surface area contributed by atoms with Crippen molar-refractivity contribution in [3.8, 4) is 22.3 Å². The van der Waals surface area contributed by atoms with Gasteiger partial charge >= 0.3 is 0 Å². The molecule has 0 nitrogen and oxygen atoms in total. The average Bonchev–Trinajstić information content (AvgIpc) is 2.74. The van der Waals surface area contributed by atoms with Gasteiger partial charge in [-0.1, -0.05) is 94.4 Å². The van der Waals surface area contributed by atoms with Gasteiger partial charge in [0.2, 0.25) is 0 Å². The lowest BCUT2D eigenvalue weighted by molar-refractivity contribution is 1.42. The Hall–Kier alpha value is -2.42. The van der Waals surface area contributed by atoms with Crippen molar-refractivity contribution in [3.05, 3.63) is 108 Å². The Balaban J connectivity index is 1.42. The molecule has 0 unspecified atom stereocenters. The van der Waals surface area contributed by atoms with E-state index >= 15 is 0 Å². The maximum atomic E-state index is 2.21. The molecule has 0 aliphatic rings. The van der Waals surface area contributed by atoms with Gasteiger partial charge in [-0.25, -0.2) is 0 Å². The van der Waals surface area contributed by atoms with E-state index in [1.165, 1.54) is 43.2 Å². The normalized spacial score (nSPS) is 10.8. The quantitative estimate of drug-likeness (QED) is 0.309. The lowest BCUT2D eigenvalue weighted by Crippen LogP contribution is -1.82. The highest BCUT2D eigenvalue weighted by molar-refractivity contribution is 8.76. The summed E-state index contributed by atoms with van der Waals surface area (Å²) >= 11 is 0. The molecule has 0 N–H and O–H groups in total. The van der Waals surface area contributed by atoms with Crippen molar-refractivity contribution in [1.82, 2.24) is 0 Å². The molecule has 0 heterocycles. The van der Waals surface area contributed by atoms with Crippen LogP contribution in [0, 0.1) is 13.8 Å². The topological polar surface area (TPSA) is 0 Å². The molecule has 0 radical (unpaired) electrons. The van der Waals surface area contributed by atoms with Crippen molar-refractivity contribution in [1.29, 1.82) is 0 Å². The predicted molar refractivity (Wildman–Crippen MR) is 125 cm³/mol. The highest BCUT2D eigenvalue weighted by Crippen LogP contribution is 2.39. The Morgan fingerprint density at radius 3 is 1.14 bits per heavy atom. The summed E-state index contributed by atoms with van der Waals surface area (Å²) in [4.78, 5) is 2.54.